The first-order chi connectivity index (χ1) is 9.13. The summed E-state index contributed by atoms with van der Waals surface area (Å²) in [5, 5.41) is 11.2. The Morgan fingerprint density at radius 2 is 2.26 bits per heavy atom. The minimum atomic E-state index is -0.360. The molecule has 0 fully saturated rings. The molecular weight excluding hydrogens is 267 g/mol. The van der Waals surface area contributed by atoms with E-state index in [1.54, 1.807) is 24.5 Å². The van der Waals surface area contributed by atoms with E-state index < -0.39 is 0 Å². The fraction of sp³-hybridized carbons (Fsp3) is 0.385. The third kappa shape index (κ3) is 3.11. The summed E-state index contributed by atoms with van der Waals surface area (Å²) in [6, 6.07) is 4.96. The van der Waals surface area contributed by atoms with Crippen molar-refractivity contribution in [1.29, 1.82) is 0 Å². The molecule has 0 saturated heterocycles. The van der Waals surface area contributed by atoms with Crippen molar-refractivity contribution in [2.75, 3.05) is 0 Å². The van der Waals surface area contributed by atoms with Gasteiger partial charge in [-0.3, -0.25) is 0 Å². The Hall–Kier alpha value is -1.46. The maximum absolute atomic E-state index is 14.0. The maximum Gasteiger partial charge on any atom is 0.146 e. The van der Waals surface area contributed by atoms with Gasteiger partial charge in [0.25, 0.3) is 0 Å². The van der Waals surface area contributed by atoms with E-state index in [0.717, 1.165) is 12.2 Å². The summed E-state index contributed by atoms with van der Waals surface area (Å²) >= 11 is 5.81. The first-order valence-corrected chi connectivity index (χ1v) is 6.51. The van der Waals surface area contributed by atoms with Gasteiger partial charge in [-0.1, -0.05) is 30.7 Å². The molecule has 0 aliphatic carbocycles. The van der Waals surface area contributed by atoms with Crippen molar-refractivity contribution < 1.29 is 4.39 Å². The molecule has 0 aliphatic rings. The lowest BCUT2D eigenvalue weighted by atomic mass is 10.0. The molecule has 0 amide bonds. The molecule has 2 aromatic rings. The highest BCUT2D eigenvalue weighted by Gasteiger charge is 2.16. The second-order valence-electron chi connectivity index (χ2n) is 4.34. The van der Waals surface area contributed by atoms with Crippen LogP contribution in [0.3, 0.4) is 0 Å². The summed E-state index contributed by atoms with van der Waals surface area (Å²) in [4.78, 5) is 0. The van der Waals surface area contributed by atoms with E-state index in [4.69, 9.17) is 11.6 Å². The van der Waals surface area contributed by atoms with Crippen LogP contribution in [0.1, 0.15) is 30.8 Å². The summed E-state index contributed by atoms with van der Waals surface area (Å²) in [5.41, 5.74) is 0.581. The van der Waals surface area contributed by atoms with Gasteiger partial charge in [0, 0.05) is 18.7 Å². The first kappa shape index (κ1) is 14.0. The number of rotatable bonds is 5. The number of aryl methyl sites for hydroxylation is 1. The molecule has 1 heterocycles. The van der Waals surface area contributed by atoms with Crippen molar-refractivity contribution in [3.8, 4) is 0 Å². The third-order valence-electron chi connectivity index (χ3n) is 3.08. The number of aromatic nitrogens is 3. The number of halogens is 2. The molecule has 0 bridgehead atoms. The Morgan fingerprint density at radius 1 is 1.47 bits per heavy atom. The number of nitrogens with zero attached hydrogens (tertiary/aromatic N) is 3. The molecule has 2 rings (SSSR count). The molecule has 1 aromatic heterocycles. The number of hydrogen-bond donors (Lipinski definition) is 1. The van der Waals surface area contributed by atoms with Crippen molar-refractivity contribution in [2.24, 2.45) is 7.05 Å². The van der Waals surface area contributed by atoms with Crippen LogP contribution in [0.5, 0.6) is 0 Å². The molecule has 1 aromatic carbocycles. The average Bonchev–Trinajstić information content (AvgIpc) is 2.80. The topological polar surface area (TPSA) is 42.7 Å². The number of hydrogen-bond acceptors (Lipinski definition) is 3. The highest BCUT2D eigenvalue weighted by molar-refractivity contribution is 6.30. The van der Waals surface area contributed by atoms with E-state index in [2.05, 4.69) is 15.5 Å². The smallest absolute Gasteiger partial charge is 0.146 e. The molecule has 0 unspecified atom stereocenters. The molecule has 102 valence electrons. The highest BCUT2D eigenvalue weighted by Crippen LogP contribution is 2.25. The number of benzene rings is 1. The van der Waals surface area contributed by atoms with Gasteiger partial charge in [0.1, 0.15) is 18.0 Å². The van der Waals surface area contributed by atoms with Gasteiger partial charge in [-0.2, -0.15) is 0 Å². The first-order valence-electron chi connectivity index (χ1n) is 6.13. The largest absolute Gasteiger partial charge is 0.320 e. The monoisotopic (exact) mass is 282 g/mol. The molecule has 6 heteroatoms. The SMILES string of the molecule is CC[C@H](NCc1nncn1C)c1cccc(Cl)c1F. The van der Waals surface area contributed by atoms with E-state index >= 15 is 0 Å². The lowest BCUT2D eigenvalue weighted by Gasteiger charge is -2.18. The van der Waals surface area contributed by atoms with Crippen molar-refractivity contribution in [1.82, 2.24) is 20.1 Å². The summed E-state index contributed by atoms with van der Waals surface area (Å²) in [5.74, 6) is 0.447. The molecule has 0 spiro atoms. The molecule has 0 radical (unpaired) electrons. The molecule has 0 aliphatic heterocycles. The lowest BCUT2D eigenvalue weighted by molar-refractivity contribution is 0.476. The maximum atomic E-state index is 14.0. The van der Waals surface area contributed by atoms with Gasteiger partial charge in [0.15, 0.2) is 0 Å². The quantitative estimate of drug-likeness (QED) is 0.917. The van der Waals surface area contributed by atoms with Crippen LogP contribution in [0.15, 0.2) is 24.5 Å². The van der Waals surface area contributed by atoms with Crippen molar-refractivity contribution in [3.63, 3.8) is 0 Å². The summed E-state index contributed by atoms with van der Waals surface area (Å²) in [6.45, 7) is 2.52. The summed E-state index contributed by atoms with van der Waals surface area (Å²) in [7, 11) is 1.87. The fourth-order valence-corrected chi connectivity index (χ4v) is 2.13. The van der Waals surface area contributed by atoms with Crippen LogP contribution in [0.2, 0.25) is 5.02 Å². The minimum Gasteiger partial charge on any atom is -0.320 e. The highest BCUT2D eigenvalue weighted by atomic mass is 35.5. The summed E-state index contributed by atoms with van der Waals surface area (Å²) < 4.78 is 15.8. The van der Waals surface area contributed by atoms with Crippen LogP contribution in [-0.4, -0.2) is 14.8 Å². The second-order valence-corrected chi connectivity index (χ2v) is 4.75. The van der Waals surface area contributed by atoms with Gasteiger partial charge in [0.05, 0.1) is 11.6 Å². The van der Waals surface area contributed by atoms with Gasteiger partial charge in [-0.15, -0.1) is 10.2 Å². The molecular formula is C13H16ClFN4. The predicted octanol–water partition coefficient (Wildman–Crippen LogP) is 2.85. The van der Waals surface area contributed by atoms with Crippen LogP contribution in [-0.2, 0) is 13.6 Å². The second kappa shape index (κ2) is 6.12. The van der Waals surface area contributed by atoms with Gasteiger partial charge < -0.3 is 9.88 Å². The third-order valence-corrected chi connectivity index (χ3v) is 3.37. The standard InChI is InChI=1S/C13H16ClFN4/c1-3-11(9-5-4-6-10(14)13(9)15)16-7-12-18-17-8-19(12)2/h4-6,8,11,16H,3,7H2,1-2H3/t11-/m0/s1. The van der Waals surface area contributed by atoms with Crippen LogP contribution < -0.4 is 5.32 Å². The lowest BCUT2D eigenvalue weighted by Crippen LogP contribution is -2.23. The van der Waals surface area contributed by atoms with Crippen molar-refractivity contribution >= 4 is 11.6 Å². The molecule has 4 nitrogen and oxygen atoms in total. The molecule has 1 atom stereocenters. The van der Waals surface area contributed by atoms with Crippen LogP contribution in [0, 0.1) is 5.82 Å². The van der Waals surface area contributed by atoms with E-state index in [0.29, 0.717) is 12.1 Å². The van der Waals surface area contributed by atoms with Gasteiger partial charge in [0.2, 0.25) is 0 Å². The van der Waals surface area contributed by atoms with Gasteiger partial charge in [-0.25, -0.2) is 4.39 Å². The van der Waals surface area contributed by atoms with Crippen LogP contribution >= 0.6 is 11.6 Å². The average molecular weight is 283 g/mol. The Morgan fingerprint density at radius 3 is 2.89 bits per heavy atom. The Bertz CT molecular complexity index is 555. The van der Waals surface area contributed by atoms with Gasteiger partial charge in [-0.05, 0) is 12.5 Å². The van der Waals surface area contributed by atoms with E-state index in [1.807, 2.05) is 18.5 Å². The predicted molar refractivity (Wildman–Crippen MR) is 72.3 cm³/mol. The van der Waals surface area contributed by atoms with Crippen LogP contribution in [0.4, 0.5) is 4.39 Å². The zero-order valence-electron chi connectivity index (χ0n) is 10.9. The van der Waals surface area contributed by atoms with Crippen LogP contribution in [0.25, 0.3) is 0 Å². The Balaban J connectivity index is 2.12. The van der Waals surface area contributed by atoms with Gasteiger partial charge >= 0.3 is 0 Å². The number of nitrogens with one attached hydrogen (secondary N) is 1. The molecule has 19 heavy (non-hydrogen) atoms. The minimum absolute atomic E-state index is 0.101. The van der Waals surface area contributed by atoms with E-state index in [9.17, 15) is 4.39 Å². The van der Waals surface area contributed by atoms with Crippen molar-refractivity contribution in [3.05, 3.63) is 46.8 Å². The normalized spacial score (nSPS) is 12.6. The Kier molecular flexibility index (Phi) is 4.50. The zero-order chi connectivity index (χ0) is 13.8. The summed E-state index contributed by atoms with van der Waals surface area (Å²) in [6.07, 6.45) is 2.40. The van der Waals surface area contributed by atoms with E-state index in [-0.39, 0.29) is 16.9 Å². The van der Waals surface area contributed by atoms with E-state index in [1.165, 1.54) is 0 Å². The molecule has 0 saturated carbocycles. The molecule has 1 N–H and O–H groups in total. The Labute approximate surface area is 116 Å². The fourth-order valence-electron chi connectivity index (χ4n) is 1.95. The zero-order valence-corrected chi connectivity index (χ0v) is 11.7. The van der Waals surface area contributed by atoms with Crippen molar-refractivity contribution in [2.45, 2.75) is 25.9 Å².